The Kier molecular flexibility index (Phi) is 4.56. The van der Waals surface area contributed by atoms with Gasteiger partial charge in [0.05, 0.1) is 0 Å². The molecule has 0 saturated carbocycles. The first-order chi connectivity index (χ1) is 9.24. The van der Waals surface area contributed by atoms with Crippen molar-refractivity contribution >= 4 is 5.97 Å². The van der Waals surface area contributed by atoms with Crippen molar-refractivity contribution in [1.29, 1.82) is 0 Å². The highest BCUT2D eigenvalue weighted by molar-refractivity contribution is 5.68. The van der Waals surface area contributed by atoms with Crippen LogP contribution < -0.4 is 4.74 Å². The first-order valence-corrected chi connectivity index (χ1v) is 6.21. The van der Waals surface area contributed by atoms with Gasteiger partial charge in [0.15, 0.2) is 6.61 Å². The van der Waals surface area contributed by atoms with E-state index in [1.165, 1.54) is 11.1 Å². The van der Waals surface area contributed by atoms with Gasteiger partial charge in [-0.1, -0.05) is 42.5 Å². The SMILES string of the molecule is O=C(O)COc1ccc(CCc2ccccc2)cc1. The summed E-state index contributed by atoms with van der Waals surface area (Å²) in [5.74, 6) is -0.376. The van der Waals surface area contributed by atoms with E-state index in [4.69, 9.17) is 9.84 Å². The second-order valence-corrected chi connectivity index (χ2v) is 4.31. The molecule has 2 aromatic rings. The van der Waals surface area contributed by atoms with Crippen LogP contribution in [0.2, 0.25) is 0 Å². The summed E-state index contributed by atoms with van der Waals surface area (Å²) in [6, 6.07) is 17.9. The zero-order chi connectivity index (χ0) is 13.5. The normalized spacial score (nSPS) is 10.1. The molecule has 0 spiro atoms. The molecule has 0 bridgehead atoms. The Hall–Kier alpha value is -2.29. The van der Waals surface area contributed by atoms with Crippen LogP contribution in [-0.2, 0) is 17.6 Å². The minimum absolute atomic E-state index is 0.302. The summed E-state index contributed by atoms with van der Waals surface area (Å²) in [5.41, 5.74) is 2.53. The lowest BCUT2D eigenvalue weighted by molar-refractivity contribution is -0.139. The lowest BCUT2D eigenvalue weighted by Crippen LogP contribution is -2.09. The lowest BCUT2D eigenvalue weighted by atomic mass is 10.0. The van der Waals surface area contributed by atoms with Crippen LogP contribution in [0.3, 0.4) is 0 Å². The van der Waals surface area contributed by atoms with Gasteiger partial charge in [-0.3, -0.25) is 0 Å². The molecule has 3 heteroatoms. The van der Waals surface area contributed by atoms with E-state index in [1.807, 2.05) is 42.5 Å². The maximum absolute atomic E-state index is 10.4. The van der Waals surface area contributed by atoms with Gasteiger partial charge < -0.3 is 9.84 Å². The fourth-order valence-electron chi connectivity index (χ4n) is 1.83. The van der Waals surface area contributed by atoms with E-state index in [-0.39, 0.29) is 6.61 Å². The van der Waals surface area contributed by atoms with Crippen LogP contribution in [-0.4, -0.2) is 17.7 Å². The molecule has 3 nitrogen and oxygen atoms in total. The molecule has 0 aliphatic rings. The van der Waals surface area contributed by atoms with Crippen LogP contribution >= 0.6 is 0 Å². The van der Waals surface area contributed by atoms with Crippen LogP contribution in [0.5, 0.6) is 5.75 Å². The van der Waals surface area contributed by atoms with E-state index in [9.17, 15) is 4.79 Å². The summed E-state index contributed by atoms with van der Waals surface area (Å²) < 4.78 is 5.09. The summed E-state index contributed by atoms with van der Waals surface area (Å²) >= 11 is 0. The third-order valence-electron chi connectivity index (χ3n) is 2.83. The first-order valence-electron chi connectivity index (χ1n) is 6.21. The van der Waals surface area contributed by atoms with Gasteiger partial charge in [0.1, 0.15) is 5.75 Å². The fraction of sp³-hybridized carbons (Fsp3) is 0.188. The Labute approximate surface area is 112 Å². The smallest absolute Gasteiger partial charge is 0.341 e. The predicted octanol–water partition coefficient (Wildman–Crippen LogP) is 2.94. The van der Waals surface area contributed by atoms with Gasteiger partial charge in [-0.25, -0.2) is 4.79 Å². The number of ether oxygens (including phenoxy) is 1. The molecular weight excluding hydrogens is 240 g/mol. The predicted molar refractivity (Wildman–Crippen MR) is 73.4 cm³/mol. The van der Waals surface area contributed by atoms with Gasteiger partial charge in [-0.05, 0) is 36.1 Å². The molecule has 0 heterocycles. The van der Waals surface area contributed by atoms with Crippen LogP contribution in [0.4, 0.5) is 0 Å². The van der Waals surface area contributed by atoms with Crippen molar-refractivity contribution in [2.45, 2.75) is 12.8 Å². The molecule has 2 rings (SSSR count). The standard InChI is InChI=1S/C16H16O3/c17-16(18)12-19-15-10-8-14(9-11-15)7-6-13-4-2-1-3-5-13/h1-5,8-11H,6-7,12H2,(H,17,18). The van der Waals surface area contributed by atoms with Crippen molar-refractivity contribution in [3.05, 3.63) is 65.7 Å². The minimum Gasteiger partial charge on any atom is -0.482 e. The number of benzene rings is 2. The molecule has 0 fully saturated rings. The van der Waals surface area contributed by atoms with E-state index in [0.29, 0.717) is 5.75 Å². The summed E-state index contributed by atoms with van der Waals surface area (Å²) in [7, 11) is 0. The van der Waals surface area contributed by atoms with E-state index >= 15 is 0 Å². The monoisotopic (exact) mass is 256 g/mol. The molecule has 0 radical (unpaired) electrons. The number of rotatable bonds is 6. The maximum atomic E-state index is 10.4. The summed E-state index contributed by atoms with van der Waals surface area (Å²) in [6.07, 6.45) is 1.96. The molecular formula is C16H16O3. The number of hydrogen-bond acceptors (Lipinski definition) is 2. The highest BCUT2D eigenvalue weighted by Gasteiger charge is 2.00. The third kappa shape index (κ3) is 4.47. The number of carboxylic acid groups (broad SMARTS) is 1. The minimum atomic E-state index is -0.965. The quantitative estimate of drug-likeness (QED) is 0.864. The highest BCUT2D eigenvalue weighted by atomic mass is 16.5. The van der Waals surface area contributed by atoms with Gasteiger partial charge >= 0.3 is 5.97 Å². The number of carbonyl (C=O) groups is 1. The lowest BCUT2D eigenvalue weighted by Gasteiger charge is -2.05. The second-order valence-electron chi connectivity index (χ2n) is 4.31. The van der Waals surface area contributed by atoms with Gasteiger partial charge in [0.2, 0.25) is 0 Å². The van der Waals surface area contributed by atoms with Gasteiger partial charge in [-0.2, -0.15) is 0 Å². The molecule has 0 amide bonds. The largest absolute Gasteiger partial charge is 0.482 e. The molecule has 2 aromatic carbocycles. The average Bonchev–Trinajstić information content (AvgIpc) is 2.45. The Morgan fingerprint density at radius 3 is 2.05 bits per heavy atom. The van der Waals surface area contributed by atoms with Crippen molar-refractivity contribution in [1.82, 2.24) is 0 Å². The Bertz CT molecular complexity index is 517. The zero-order valence-corrected chi connectivity index (χ0v) is 10.6. The molecule has 0 aromatic heterocycles. The highest BCUT2D eigenvalue weighted by Crippen LogP contribution is 2.14. The van der Waals surface area contributed by atoms with E-state index < -0.39 is 5.97 Å². The van der Waals surface area contributed by atoms with Gasteiger partial charge in [0.25, 0.3) is 0 Å². The number of hydrogen-bond donors (Lipinski definition) is 1. The molecule has 0 aliphatic carbocycles. The molecule has 19 heavy (non-hydrogen) atoms. The summed E-state index contributed by atoms with van der Waals surface area (Å²) in [4.78, 5) is 10.4. The van der Waals surface area contributed by atoms with Crippen molar-refractivity contribution in [3.63, 3.8) is 0 Å². The van der Waals surface area contributed by atoms with E-state index in [0.717, 1.165) is 12.8 Å². The van der Waals surface area contributed by atoms with Crippen LogP contribution in [0.25, 0.3) is 0 Å². The number of aliphatic carboxylic acids is 1. The molecule has 0 saturated heterocycles. The number of carboxylic acids is 1. The van der Waals surface area contributed by atoms with Crippen LogP contribution in [0.1, 0.15) is 11.1 Å². The molecule has 1 N–H and O–H groups in total. The second kappa shape index (κ2) is 6.59. The Morgan fingerprint density at radius 1 is 0.895 bits per heavy atom. The van der Waals surface area contributed by atoms with Crippen molar-refractivity contribution in [2.24, 2.45) is 0 Å². The van der Waals surface area contributed by atoms with Crippen LogP contribution in [0.15, 0.2) is 54.6 Å². The summed E-state index contributed by atoms with van der Waals surface area (Å²) in [6.45, 7) is -0.302. The maximum Gasteiger partial charge on any atom is 0.341 e. The third-order valence-corrected chi connectivity index (χ3v) is 2.83. The molecule has 98 valence electrons. The zero-order valence-electron chi connectivity index (χ0n) is 10.6. The Balaban J connectivity index is 1.86. The van der Waals surface area contributed by atoms with E-state index in [1.54, 1.807) is 0 Å². The first kappa shape index (κ1) is 13.1. The molecule has 0 aliphatic heterocycles. The van der Waals surface area contributed by atoms with Crippen molar-refractivity contribution in [2.75, 3.05) is 6.61 Å². The van der Waals surface area contributed by atoms with E-state index in [2.05, 4.69) is 12.1 Å². The fourth-order valence-corrected chi connectivity index (χ4v) is 1.83. The average molecular weight is 256 g/mol. The topological polar surface area (TPSA) is 46.5 Å². The summed E-state index contributed by atoms with van der Waals surface area (Å²) in [5, 5.41) is 8.51. The van der Waals surface area contributed by atoms with Gasteiger partial charge in [-0.15, -0.1) is 0 Å². The van der Waals surface area contributed by atoms with Crippen LogP contribution in [0, 0.1) is 0 Å². The number of aryl methyl sites for hydroxylation is 2. The molecule has 0 atom stereocenters. The van der Waals surface area contributed by atoms with Gasteiger partial charge in [0, 0.05) is 0 Å². The van der Waals surface area contributed by atoms with Crippen molar-refractivity contribution in [3.8, 4) is 5.75 Å². The molecule has 0 unspecified atom stereocenters. The Morgan fingerprint density at radius 2 is 1.47 bits per heavy atom. The van der Waals surface area contributed by atoms with Crippen molar-refractivity contribution < 1.29 is 14.6 Å².